The van der Waals surface area contributed by atoms with Crippen molar-refractivity contribution in [2.75, 3.05) is 23.9 Å². The molecule has 1 saturated heterocycles. The summed E-state index contributed by atoms with van der Waals surface area (Å²) in [7, 11) is 1.52. The van der Waals surface area contributed by atoms with E-state index < -0.39 is 6.04 Å². The average molecular weight is 470 g/mol. The van der Waals surface area contributed by atoms with Gasteiger partial charge in [-0.15, -0.1) is 0 Å². The van der Waals surface area contributed by atoms with Crippen molar-refractivity contribution in [2.24, 2.45) is 5.92 Å². The summed E-state index contributed by atoms with van der Waals surface area (Å²) in [6.07, 6.45) is 2.20. The van der Waals surface area contributed by atoms with E-state index in [4.69, 9.17) is 16.3 Å². The van der Waals surface area contributed by atoms with Gasteiger partial charge in [-0.05, 0) is 44.7 Å². The largest absolute Gasteiger partial charge is 0.495 e. The Morgan fingerprint density at radius 1 is 1.21 bits per heavy atom. The van der Waals surface area contributed by atoms with Crippen molar-refractivity contribution in [1.29, 1.82) is 0 Å². The van der Waals surface area contributed by atoms with Crippen molar-refractivity contribution in [3.63, 3.8) is 0 Å². The molecular weight excluding hydrogens is 446 g/mol. The summed E-state index contributed by atoms with van der Waals surface area (Å²) in [6, 6.07) is 4.66. The molecule has 1 unspecified atom stereocenters. The molecule has 11 heteroatoms. The van der Waals surface area contributed by atoms with E-state index in [1.165, 1.54) is 7.11 Å². The highest BCUT2D eigenvalue weighted by molar-refractivity contribution is 6.32. The van der Waals surface area contributed by atoms with Crippen LogP contribution in [0.15, 0.2) is 23.0 Å². The van der Waals surface area contributed by atoms with E-state index in [0.717, 1.165) is 18.2 Å². The second-order valence-corrected chi connectivity index (χ2v) is 8.87. The number of hydrogen-bond acceptors (Lipinski definition) is 7. The fourth-order valence-electron chi connectivity index (χ4n) is 4.23. The minimum atomic E-state index is -0.416. The average Bonchev–Trinajstić information content (AvgIpc) is 3.54. The van der Waals surface area contributed by atoms with Gasteiger partial charge in [0.05, 0.1) is 29.7 Å². The SMILES string of the molecule is COc1cc2[nH]c(=O)c([C@H](C)Nc3nc(C)nc(N4C(=O)NCC4C4CC4)n3)cc2cc1Cl. The Balaban J connectivity index is 1.44. The number of aromatic nitrogens is 4. The number of methoxy groups -OCH3 is 1. The number of ether oxygens (including phenoxy) is 1. The molecule has 3 heterocycles. The first kappa shape index (κ1) is 21.4. The number of fused-ring (bicyclic) bond motifs is 1. The van der Waals surface area contributed by atoms with Crippen LogP contribution in [-0.4, -0.2) is 45.7 Å². The van der Waals surface area contributed by atoms with Crippen molar-refractivity contribution in [3.8, 4) is 5.75 Å². The van der Waals surface area contributed by atoms with Gasteiger partial charge in [0, 0.05) is 23.6 Å². The highest BCUT2D eigenvalue weighted by Gasteiger charge is 2.43. The zero-order valence-corrected chi connectivity index (χ0v) is 19.2. The van der Waals surface area contributed by atoms with E-state index in [2.05, 4.69) is 30.6 Å². The van der Waals surface area contributed by atoms with Crippen molar-refractivity contribution in [2.45, 2.75) is 38.8 Å². The van der Waals surface area contributed by atoms with E-state index in [1.807, 2.05) is 6.92 Å². The van der Waals surface area contributed by atoms with Crippen LogP contribution in [0.5, 0.6) is 5.75 Å². The summed E-state index contributed by atoms with van der Waals surface area (Å²) in [5, 5.41) is 7.29. The Labute approximate surface area is 194 Å². The van der Waals surface area contributed by atoms with Crippen LogP contribution in [0.3, 0.4) is 0 Å². The van der Waals surface area contributed by atoms with Crippen LogP contribution < -0.4 is 25.8 Å². The Kier molecular flexibility index (Phi) is 5.32. The molecule has 0 radical (unpaired) electrons. The number of pyridine rings is 1. The number of hydrogen-bond donors (Lipinski definition) is 3. The summed E-state index contributed by atoms with van der Waals surface area (Å²) in [5.41, 5.74) is 0.880. The number of halogens is 1. The second-order valence-electron chi connectivity index (χ2n) is 8.46. The van der Waals surface area contributed by atoms with Crippen LogP contribution in [0.1, 0.15) is 37.2 Å². The van der Waals surface area contributed by atoms with E-state index in [1.54, 1.807) is 30.0 Å². The number of nitrogens with one attached hydrogen (secondary N) is 3. The summed E-state index contributed by atoms with van der Waals surface area (Å²) < 4.78 is 5.23. The Morgan fingerprint density at radius 3 is 2.73 bits per heavy atom. The van der Waals surface area contributed by atoms with Gasteiger partial charge in [0.25, 0.3) is 5.56 Å². The summed E-state index contributed by atoms with van der Waals surface area (Å²) in [6.45, 7) is 4.18. The first-order valence-corrected chi connectivity index (χ1v) is 11.2. The molecule has 2 atom stereocenters. The number of amides is 2. The molecule has 2 fully saturated rings. The molecule has 0 bridgehead atoms. The first-order valence-electron chi connectivity index (χ1n) is 10.8. The molecule has 2 aromatic heterocycles. The molecule has 0 spiro atoms. The van der Waals surface area contributed by atoms with Crippen LogP contribution in [0.2, 0.25) is 5.02 Å². The maximum atomic E-state index is 12.8. The van der Waals surface area contributed by atoms with Gasteiger partial charge < -0.3 is 20.4 Å². The van der Waals surface area contributed by atoms with E-state index in [9.17, 15) is 9.59 Å². The normalized spacial score (nSPS) is 19.0. The molecule has 3 N–H and O–H groups in total. The number of benzene rings is 1. The van der Waals surface area contributed by atoms with Gasteiger partial charge >= 0.3 is 6.03 Å². The Hall–Kier alpha value is -3.40. The van der Waals surface area contributed by atoms with Crippen LogP contribution in [-0.2, 0) is 0 Å². The maximum Gasteiger partial charge on any atom is 0.324 e. The number of nitrogens with zero attached hydrogens (tertiary/aromatic N) is 4. The molecule has 1 aromatic carbocycles. The third kappa shape index (κ3) is 4.06. The van der Waals surface area contributed by atoms with E-state index in [-0.39, 0.29) is 17.6 Å². The molecule has 2 aliphatic rings. The molecule has 10 nitrogen and oxygen atoms in total. The molecule has 33 heavy (non-hydrogen) atoms. The number of aryl methyl sites for hydroxylation is 1. The fourth-order valence-corrected chi connectivity index (χ4v) is 4.48. The summed E-state index contributed by atoms with van der Waals surface area (Å²) in [5.74, 6) is 2.05. The number of aromatic amines is 1. The summed E-state index contributed by atoms with van der Waals surface area (Å²) in [4.78, 5) is 43.0. The Bertz CT molecular complexity index is 1310. The third-order valence-electron chi connectivity index (χ3n) is 6.09. The van der Waals surface area contributed by atoms with Crippen LogP contribution in [0, 0.1) is 12.8 Å². The molecule has 2 amide bonds. The van der Waals surface area contributed by atoms with Crippen LogP contribution in [0.25, 0.3) is 10.9 Å². The number of urea groups is 1. The lowest BCUT2D eigenvalue weighted by molar-refractivity contribution is 0.251. The smallest absolute Gasteiger partial charge is 0.324 e. The number of H-pyrrole nitrogens is 1. The molecular formula is C22H24ClN7O3. The summed E-state index contributed by atoms with van der Waals surface area (Å²) >= 11 is 6.26. The van der Waals surface area contributed by atoms with Gasteiger partial charge in [-0.2, -0.15) is 15.0 Å². The van der Waals surface area contributed by atoms with E-state index >= 15 is 0 Å². The lowest BCUT2D eigenvalue weighted by Crippen LogP contribution is -2.37. The van der Waals surface area contributed by atoms with Crippen LogP contribution in [0.4, 0.5) is 16.7 Å². The standard InChI is InChI=1S/C22H24ClN7O3/c1-10(14-6-13-7-15(23)18(33-3)8-16(13)28-19(14)31)25-20-26-11(2)27-21(29-20)30-17(12-4-5-12)9-24-22(30)32/h6-8,10,12,17H,4-5,9H2,1-3H3,(H,24,32)(H,28,31)(H,25,26,27,29)/t10-,17?/m0/s1. The molecule has 172 valence electrons. The highest BCUT2D eigenvalue weighted by Crippen LogP contribution is 2.38. The van der Waals surface area contributed by atoms with Crippen molar-refractivity contribution >= 4 is 40.4 Å². The minimum absolute atomic E-state index is 0.0506. The monoisotopic (exact) mass is 469 g/mol. The zero-order chi connectivity index (χ0) is 23.3. The third-order valence-corrected chi connectivity index (χ3v) is 6.38. The lowest BCUT2D eigenvalue weighted by Gasteiger charge is -2.22. The van der Waals surface area contributed by atoms with Gasteiger partial charge in [-0.3, -0.25) is 9.69 Å². The van der Waals surface area contributed by atoms with E-state index in [0.29, 0.717) is 52.0 Å². The van der Waals surface area contributed by atoms with Gasteiger partial charge in [-0.1, -0.05) is 11.6 Å². The van der Waals surface area contributed by atoms with Crippen LogP contribution >= 0.6 is 11.6 Å². The van der Waals surface area contributed by atoms with Crippen molar-refractivity contribution in [3.05, 3.63) is 45.0 Å². The topological polar surface area (TPSA) is 125 Å². The zero-order valence-electron chi connectivity index (χ0n) is 18.5. The quantitative estimate of drug-likeness (QED) is 0.506. The maximum absolute atomic E-state index is 12.8. The molecule has 1 aliphatic heterocycles. The Morgan fingerprint density at radius 2 is 2.00 bits per heavy atom. The molecule has 1 aliphatic carbocycles. The number of rotatable bonds is 6. The minimum Gasteiger partial charge on any atom is -0.495 e. The molecule has 5 rings (SSSR count). The van der Waals surface area contributed by atoms with Gasteiger partial charge in [0.15, 0.2) is 0 Å². The van der Waals surface area contributed by atoms with Gasteiger partial charge in [-0.25, -0.2) is 4.79 Å². The van der Waals surface area contributed by atoms with Gasteiger partial charge in [0.1, 0.15) is 11.6 Å². The first-order chi connectivity index (χ1) is 15.8. The molecule has 1 saturated carbocycles. The van der Waals surface area contributed by atoms with Gasteiger partial charge in [0.2, 0.25) is 11.9 Å². The predicted octanol–water partition coefficient (Wildman–Crippen LogP) is 3.16. The fraction of sp³-hybridized carbons (Fsp3) is 0.409. The second kappa shape index (κ2) is 8.18. The number of carbonyl (C=O) groups excluding carboxylic acids is 1. The van der Waals surface area contributed by atoms with Crippen molar-refractivity contribution in [1.82, 2.24) is 25.3 Å². The highest BCUT2D eigenvalue weighted by atomic mass is 35.5. The number of carbonyl (C=O) groups is 1. The predicted molar refractivity (Wildman–Crippen MR) is 125 cm³/mol. The lowest BCUT2D eigenvalue weighted by atomic mass is 10.1. The molecule has 3 aromatic rings. The van der Waals surface area contributed by atoms with Crippen molar-refractivity contribution < 1.29 is 9.53 Å². The number of anilines is 2.